The van der Waals surface area contributed by atoms with Crippen LogP contribution in [0.1, 0.15) is 16.1 Å². The Morgan fingerprint density at radius 2 is 1.82 bits per heavy atom. The van der Waals surface area contributed by atoms with Gasteiger partial charge in [0.1, 0.15) is 5.03 Å². The highest BCUT2D eigenvalue weighted by molar-refractivity contribution is 7.99. The average molecular weight is 246 g/mol. The Bertz CT molecular complexity index is 540. The van der Waals surface area contributed by atoms with Crippen LogP contribution in [-0.4, -0.2) is 21.0 Å². The fraction of sp³-hybridized carbons (Fsp3) is 0.0833. The smallest absolute Gasteiger partial charge is 0.335 e. The number of carboxylic acids is 1. The molecule has 0 aliphatic carbocycles. The van der Waals surface area contributed by atoms with E-state index in [1.165, 1.54) is 11.8 Å². The number of carbonyl (C=O) groups is 1. The lowest BCUT2D eigenvalue weighted by atomic mass is 10.2. The lowest BCUT2D eigenvalue weighted by molar-refractivity contribution is 0.0697. The molecule has 0 spiro atoms. The van der Waals surface area contributed by atoms with Gasteiger partial charge in [-0.05, 0) is 31.2 Å². The Morgan fingerprint density at radius 1 is 1.18 bits per heavy atom. The van der Waals surface area contributed by atoms with E-state index >= 15 is 0 Å². The first-order valence-corrected chi connectivity index (χ1v) is 5.77. The molecule has 0 atom stereocenters. The molecule has 0 bridgehead atoms. The Labute approximate surface area is 103 Å². The van der Waals surface area contributed by atoms with Crippen molar-refractivity contribution in [1.82, 2.24) is 9.97 Å². The van der Waals surface area contributed by atoms with Crippen LogP contribution in [0.5, 0.6) is 0 Å². The molecular weight excluding hydrogens is 236 g/mol. The van der Waals surface area contributed by atoms with Crippen LogP contribution in [0, 0.1) is 6.92 Å². The molecule has 86 valence electrons. The van der Waals surface area contributed by atoms with Gasteiger partial charge in [-0.1, -0.05) is 11.8 Å². The van der Waals surface area contributed by atoms with E-state index in [0.29, 0.717) is 0 Å². The van der Waals surface area contributed by atoms with Crippen molar-refractivity contribution in [2.45, 2.75) is 16.8 Å². The van der Waals surface area contributed by atoms with Crippen molar-refractivity contribution in [2.24, 2.45) is 0 Å². The molecule has 0 amide bonds. The lowest BCUT2D eigenvalue weighted by Gasteiger charge is -2.03. The summed E-state index contributed by atoms with van der Waals surface area (Å²) in [5.74, 6) is -0.919. The Morgan fingerprint density at radius 3 is 2.41 bits per heavy atom. The number of hydrogen-bond acceptors (Lipinski definition) is 4. The van der Waals surface area contributed by atoms with Gasteiger partial charge in [0, 0.05) is 17.3 Å². The molecular formula is C12H10N2O2S. The molecule has 1 heterocycles. The average Bonchev–Trinajstić information content (AvgIpc) is 2.33. The molecule has 0 saturated carbocycles. The zero-order chi connectivity index (χ0) is 12.3. The van der Waals surface area contributed by atoms with Crippen LogP contribution < -0.4 is 0 Å². The number of benzene rings is 1. The summed E-state index contributed by atoms with van der Waals surface area (Å²) in [6, 6.07) is 6.69. The highest BCUT2D eigenvalue weighted by Gasteiger charge is 2.05. The summed E-state index contributed by atoms with van der Waals surface area (Å²) >= 11 is 1.47. The minimum Gasteiger partial charge on any atom is -0.478 e. The first kappa shape index (κ1) is 11.6. The van der Waals surface area contributed by atoms with Gasteiger partial charge in [0.15, 0.2) is 0 Å². The van der Waals surface area contributed by atoms with Crippen molar-refractivity contribution in [3.63, 3.8) is 0 Å². The van der Waals surface area contributed by atoms with Crippen LogP contribution in [0.25, 0.3) is 0 Å². The molecule has 0 aliphatic rings. The number of nitrogens with zero attached hydrogens (tertiary/aromatic N) is 2. The van der Waals surface area contributed by atoms with Gasteiger partial charge in [-0.3, -0.25) is 4.98 Å². The van der Waals surface area contributed by atoms with Gasteiger partial charge < -0.3 is 5.11 Å². The van der Waals surface area contributed by atoms with Crippen LogP contribution in [0.4, 0.5) is 0 Å². The quantitative estimate of drug-likeness (QED) is 0.902. The monoisotopic (exact) mass is 246 g/mol. The third kappa shape index (κ3) is 2.82. The summed E-state index contributed by atoms with van der Waals surface area (Å²) in [5, 5.41) is 9.61. The molecule has 2 rings (SSSR count). The maximum atomic E-state index is 10.7. The molecule has 2 aromatic rings. The zero-order valence-electron chi connectivity index (χ0n) is 9.12. The molecule has 0 aliphatic heterocycles. The minimum absolute atomic E-state index is 0.283. The van der Waals surface area contributed by atoms with Crippen molar-refractivity contribution in [2.75, 3.05) is 0 Å². The first-order valence-electron chi connectivity index (χ1n) is 4.95. The highest BCUT2D eigenvalue weighted by atomic mass is 32.2. The first-order chi connectivity index (χ1) is 8.16. The summed E-state index contributed by atoms with van der Waals surface area (Å²) in [6.07, 6.45) is 3.29. The van der Waals surface area contributed by atoms with Gasteiger partial charge in [0.05, 0.1) is 11.3 Å². The summed E-state index contributed by atoms with van der Waals surface area (Å²) in [7, 11) is 0. The maximum absolute atomic E-state index is 10.7. The van der Waals surface area contributed by atoms with E-state index in [4.69, 9.17) is 5.11 Å². The number of aryl methyl sites for hydroxylation is 1. The SMILES string of the molecule is Cc1nccnc1Sc1ccc(C(=O)O)cc1. The van der Waals surface area contributed by atoms with Crippen LogP contribution in [0.15, 0.2) is 46.6 Å². The second kappa shape index (κ2) is 4.97. The minimum atomic E-state index is -0.919. The van der Waals surface area contributed by atoms with Gasteiger partial charge >= 0.3 is 5.97 Å². The summed E-state index contributed by atoms with van der Waals surface area (Å²) in [5.41, 5.74) is 1.14. The van der Waals surface area contributed by atoms with E-state index in [9.17, 15) is 4.79 Å². The summed E-state index contributed by atoms with van der Waals surface area (Å²) in [4.78, 5) is 20.0. The van der Waals surface area contributed by atoms with E-state index in [-0.39, 0.29) is 5.56 Å². The second-order valence-electron chi connectivity index (χ2n) is 3.38. The second-order valence-corrected chi connectivity index (χ2v) is 4.44. The fourth-order valence-corrected chi connectivity index (χ4v) is 2.08. The molecule has 4 nitrogen and oxygen atoms in total. The van der Waals surface area contributed by atoms with E-state index in [1.54, 1.807) is 36.7 Å². The van der Waals surface area contributed by atoms with Crippen LogP contribution in [-0.2, 0) is 0 Å². The lowest BCUT2D eigenvalue weighted by Crippen LogP contribution is -1.95. The molecule has 0 saturated heterocycles. The standard InChI is InChI=1S/C12H10N2O2S/c1-8-11(14-7-6-13-8)17-10-4-2-9(3-5-10)12(15)16/h2-7H,1H3,(H,15,16). The van der Waals surface area contributed by atoms with Crippen molar-refractivity contribution in [3.05, 3.63) is 47.9 Å². The molecule has 0 fully saturated rings. The van der Waals surface area contributed by atoms with Gasteiger partial charge in [-0.15, -0.1) is 0 Å². The number of carboxylic acid groups (broad SMARTS) is 1. The summed E-state index contributed by atoms with van der Waals surface area (Å²) < 4.78 is 0. The third-order valence-electron chi connectivity index (χ3n) is 2.15. The Kier molecular flexibility index (Phi) is 3.39. The highest BCUT2D eigenvalue weighted by Crippen LogP contribution is 2.27. The van der Waals surface area contributed by atoms with Gasteiger partial charge in [0.25, 0.3) is 0 Å². The zero-order valence-corrected chi connectivity index (χ0v) is 9.94. The Balaban J connectivity index is 2.20. The van der Waals surface area contributed by atoms with E-state index < -0.39 is 5.97 Å². The van der Waals surface area contributed by atoms with E-state index in [1.807, 2.05) is 6.92 Å². The van der Waals surface area contributed by atoms with Crippen molar-refractivity contribution in [1.29, 1.82) is 0 Å². The van der Waals surface area contributed by atoms with Crippen molar-refractivity contribution < 1.29 is 9.90 Å². The molecule has 1 aromatic carbocycles. The predicted molar refractivity (Wildman–Crippen MR) is 64.3 cm³/mol. The topological polar surface area (TPSA) is 63.1 Å². The molecule has 1 aromatic heterocycles. The fourth-order valence-electron chi connectivity index (χ4n) is 1.27. The molecule has 5 heteroatoms. The van der Waals surface area contributed by atoms with Crippen molar-refractivity contribution >= 4 is 17.7 Å². The van der Waals surface area contributed by atoms with Crippen LogP contribution >= 0.6 is 11.8 Å². The van der Waals surface area contributed by atoms with E-state index in [0.717, 1.165) is 15.6 Å². The van der Waals surface area contributed by atoms with Crippen LogP contribution in [0.2, 0.25) is 0 Å². The van der Waals surface area contributed by atoms with Crippen LogP contribution in [0.3, 0.4) is 0 Å². The maximum Gasteiger partial charge on any atom is 0.335 e. The van der Waals surface area contributed by atoms with E-state index in [2.05, 4.69) is 9.97 Å². The number of aromatic nitrogens is 2. The largest absolute Gasteiger partial charge is 0.478 e. The molecule has 0 unspecified atom stereocenters. The number of aromatic carboxylic acids is 1. The van der Waals surface area contributed by atoms with Gasteiger partial charge in [0.2, 0.25) is 0 Å². The van der Waals surface area contributed by atoms with Gasteiger partial charge in [-0.25, -0.2) is 9.78 Å². The normalized spacial score (nSPS) is 10.2. The number of rotatable bonds is 3. The predicted octanol–water partition coefficient (Wildman–Crippen LogP) is 2.63. The third-order valence-corrected chi connectivity index (χ3v) is 3.25. The molecule has 1 N–H and O–H groups in total. The van der Waals surface area contributed by atoms with Crippen molar-refractivity contribution in [3.8, 4) is 0 Å². The Hall–Kier alpha value is -1.88. The number of hydrogen-bond donors (Lipinski definition) is 1. The van der Waals surface area contributed by atoms with Gasteiger partial charge in [-0.2, -0.15) is 0 Å². The molecule has 0 radical (unpaired) electrons. The summed E-state index contributed by atoms with van der Waals surface area (Å²) in [6.45, 7) is 1.89. The molecule has 17 heavy (non-hydrogen) atoms.